The van der Waals surface area contributed by atoms with Crippen molar-refractivity contribution in [1.29, 1.82) is 0 Å². The van der Waals surface area contributed by atoms with Gasteiger partial charge in [-0.3, -0.25) is 0 Å². The van der Waals surface area contributed by atoms with Gasteiger partial charge in [-0.25, -0.2) is 12.8 Å². The van der Waals surface area contributed by atoms with Crippen LogP contribution in [0.15, 0.2) is 23.1 Å². The van der Waals surface area contributed by atoms with Crippen molar-refractivity contribution >= 4 is 10.0 Å². The minimum absolute atomic E-state index is 0.0934. The van der Waals surface area contributed by atoms with Crippen molar-refractivity contribution in [3.63, 3.8) is 0 Å². The zero-order valence-corrected chi connectivity index (χ0v) is 11.9. The third-order valence-corrected chi connectivity index (χ3v) is 5.25. The number of hydrogen-bond acceptors (Lipinski definition) is 3. The van der Waals surface area contributed by atoms with Crippen LogP contribution in [-0.2, 0) is 10.0 Å². The number of nitrogens with zero attached hydrogens (tertiary/aromatic N) is 1. The number of benzene rings is 1. The summed E-state index contributed by atoms with van der Waals surface area (Å²) in [6, 6.07) is 3.56. The second kappa shape index (κ2) is 5.46. The quantitative estimate of drug-likeness (QED) is 0.856. The van der Waals surface area contributed by atoms with Crippen molar-refractivity contribution in [2.45, 2.75) is 24.7 Å². The lowest BCUT2D eigenvalue weighted by molar-refractivity contribution is 0.280. The SMILES string of the molecule is COc1ccc(F)cc1S(=O)(=O)N1CCC[C@@H](C)C1. The van der Waals surface area contributed by atoms with E-state index in [0.717, 1.165) is 18.9 Å². The molecular weight excluding hydrogens is 269 g/mol. The van der Waals surface area contributed by atoms with Crippen LogP contribution < -0.4 is 4.74 Å². The third kappa shape index (κ3) is 2.90. The van der Waals surface area contributed by atoms with E-state index in [9.17, 15) is 12.8 Å². The lowest BCUT2D eigenvalue weighted by atomic mass is 10.0. The zero-order chi connectivity index (χ0) is 14.0. The van der Waals surface area contributed by atoms with Crippen molar-refractivity contribution in [2.24, 2.45) is 5.92 Å². The summed E-state index contributed by atoms with van der Waals surface area (Å²) in [4.78, 5) is -0.0934. The Morgan fingerprint density at radius 3 is 2.79 bits per heavy atom. The molecule has 1 atom stereocenters. The molecule has 1 heterocycles. The lowest BCUT2D eigenvalue weighted by Gasteiger charge is -2.30. The lowest BCUT2D eigenvalue weighted by Crippen LogP contribution is -2.39. The molecular formula is C13H18FNO3S. The molecule has 4 nitrogen and oxygen atoms in total. The fourth-order valence-corrected chi connectivity index (χ4v) is 4.12. The van der Waals surface area contributed by atoms with Crippen LogP contribution in [0.5, 0.6) is 5.75 Å². The van der Waals surface area contributed by atoms with Gasteiger partial charge < -0.3 is 4.74 Å². The number of rotatable bonds is 3. The van der Waals surface area contributed by atoms with Crippen LogP contribution in [0, 0.1) is 11.7 Å². The van der Waals surface area contributed by atoms with Crippen LogP contribution in [0.4, 0.5) is 4.39 Å². The van der Waals surface area contributed by atoms with E-state index in [-0.39, 0.29) is 10.6 Å². The van der Waals surface area contributed by atoms with Crippen LogP contribution >= 0.6 is 0 Å². The molecule has 0 amide bonds. The van der Waals surface area contributed by atoms with Crippen LogP contribution in [0.3, 0.4) is 0 Å². The number of halogens is 1. The molecule has 0 N–H and O–H groups in total. The first kappa shape index (κ1) is 14.3. The third-order valence-electron chi connectivity index (χ3n) is 3.36. The Balaban J connectivity index is 2.41. The van der Waals surface area contributed by atoms with Crippen molar-refractivity contribution in [2.75, 3.05) is 20.2 Å². The summed E-state index contributed by atoms with van der Waals surface area (Å²) in [5.74, 6) is -0.0767. The van der Waals surface area contributed by atoms with Gasteiger partial charge >= 0.3 is 0 Å². The first-order valence-electron chi connectivity index (χ1n) is 6.29. The maximum absolute atomic E-state index is 13.3. The van der Waals surface area contributed by atoms with Gasteiger partial charge in [0, 0.05) is 13.1 Å². The number of methoxy groups -OCH3 is 1. The van der Waals surface area contributed by atoms with Crippen LogP contribution in [0.2, 0.25) is 0 Å². The summed E-state index contributed by atoms with van der Waals surface area (Å²) in [7, 11) is -2.31. The summed E-state index contributed by atoms with van der Waals surface area (Å²) in [5, 5.41) is 0. The van der Waals surface area contributed by atoms with Crippen LogP contribution in [0.25, 0.3) is 0 Å². The molecule has 1 aliphatic rings. The number of hydrogen-bond donors (Lipinski definition) is 0. The van der Waals surface area contributed by atoms with Gasteiger partial charge in [-0.2, -0.15) is 4.31 Å². The Bertz CT molecular complexity index is 559. The molecule has 19 heavy (non-hydrogen) atoms. The van der Waals surface area contributed by atoms with E-state index in [4.69, 9.17) is 4.74 Å². The largest absolute Gasteiger partial charge is 0.495 e. The number of piperidine rings is 1. The smallest absolute Gasteiger partial charge is 0.246 e. The normalized spacial score (nSPS) is 21.3. The zero-order valence-electron chi connectivity index (χ0n) is 11.1. The average molecular weight is 287 g/mol. The molecule has 1 saturated heterocycles. The molecule has 0 aromatic heterocycles. The van der Waals surface area contributed by atoms with E-state index in [1.165, 1.54) is 23.5 Å². The van der Waals surface area contributed by atoms with Crippen LogP contribution in [-0.4, -0.2) is 32.9 Å². The van der Waals surface area contributed by atoms with E-state index in [1.807, 2.05) is 6.92 Å². The van der Waals surface area contributed by atoms with Gasteiger partial charge in [-0.15, -0.1) is 0 Å². The first-order chi connectivity index (χ1) is 8.95. The van der Waals surface area contributed by atoms with E-state index >= 15 is 0 Å². The monoisotopic (exact) mass is 287 g/mol. The molecule has 1 fully saturated rings. The van der Waals surface area contributed by atoms with Gasteiger partial charge in [0.15, 0.2) is 0 Å². The predicted molar refractivity (Wildman–Crippen MR) is 70.1 cm³/mol. The predicted octanol–water partition coefficient (Wildman–Crippen LogP) is 2.25. The van der Waals surface area contributed by atoms with Crippen molar-refractivity contribution in [3.8, 4) is 5.75 Å². The minimum Gasteiger partial charge on any atom is -0.495 e. The number of ether oxygens (including phenoxy) is 1. The summed E-state index contributed by atoms with van der Waals surface area (Å²) >= 11 is 0. The summed E-state index contributed by atoms with van der Waals surface area (Å²) < 4.78 is 44.9. The molecule has 0 saturated carbocycles. The molecule has 0 bridgehead atoms. The molecule has 0 spiro atoms. The molecule has 1 aliphatic heterocycles. The molecule has 6 heteroatoms. The second-order valence-corrected chi connectivity index (χ2v) is 6.81. The Morgan fingerprint density at radius 1 is 1.42 bits per heavy atom. The highest BCUT2D eigenvalue weighted by atomic mass is 32.2. The second-order valence-electron chi connectivity index (χ2n) is 4.91. The topological polar surface area (TPSA) is 46.6 Å². The Kier molecular flexibility index (Phi) is 4.10. The van der Waals surface area contributed by atoms with Crippen LogP contribution in [0.1, 0.15) is 19.8 Å². The molecule has 1 aromatic carbocycles. The maximum atomic E-state index is 13.3. The summed E-state index contributed by atoms with van der Waals surface area (Å²) in [6.07, 6.45) is 1.85. The van der Waals surface area contributed by atoms with Crippen molar-refractivity contribution < 1.29 is 17.5 Å². The van der Waals surface area contributed by atoms with Crippen molar-refractivity contribution in [3.05, 3.63) is 24.0 Å². The Morgan fingerprint density at radius 2 is 2.16 bits per heavy atom. The van der Waals surface area contributed by atoms with E-state index in [0.29, 0.717) is 19.0 Å². The minimum atomic E-state index is -3.69. The van der Waals surface area contributed by atoms with Gasteiger partial charge in [0.1, 0.15) is 16.5 Å². The molecule has 0 radical (unpaired) electrons. The summed E-state index contributed by atoms with van der Waals surface area (Å²) in [5.41, 5.74) is 0. The molecule has 1 aromatic rings. The molecule has 106 valence electrons. The fourth-order valence-electron chi connectivity index (χ4n) is 2.36. The first-order valence-corrected chi connectivity index (χ1v) is 7.73. The molecule has 0 unspecified atom stereocenters. The van der Waals surface area contributed by atoms with Gasteiger partial charge in [0.2, 0.25) is 10.0 Å². The van der Waals surface area contributed by atoms with E-state index < -0.39 is 15.8 Å². The van der Waals surface area contributed by atoms with E-state index in [2.05, 4.69) is 0 Å². The fraction of sp³-hybridized carbons (Fsp3) is 0.538. The molecule has 0 aliphatic carbocycles. The highest BCUT2D eigenvalue weighted by Crippen LogP contribution is 2.30. The van der Waals surface area contributed by atoms with Gasteiger partial charge in [0.05, 0.1) is 7.11 Å². The average Bonchev–Trinajstić information content (AvgIpc) is 2.38. The highest BCUT2D eigenvalue weighted by Gasteiger charge is 2.31. The summed E-state index contributed by atoms with van der Waals surface area (Å²) in [6.45, 7) is 2.97. The Hall–Kier alpha value is -1.14. The standard InChI is InChI=1S/C13H18FNO3S/c1-10-4-3-7-15(9-10)19(16,17)13-8-11(14)5-6-12(13)18-2/h5-6,8,10H,3-4,7,9H2,1-2H3/t10-/m1/s1. The van der Waals surface area contributed by atoms with Gasteiger partial charge in [-0.05, 0) is 37.0 Å². The molecule has 2 rings (SSSR count). The maximum Gasteiger partial charge on any atom is 0.246 e. The number of sulfonamides is 1. The van der Waals surface area contributed by atoms with Gasteiger partial charge in [-0.1, -0.05) is 6.92 Å². The van der Waals surface area contributed by atoms with Gasteiger partial charge in [0.25, 0.3) is 0 Å². The van der Waals surface area contributed by atoms with Crippen molar-refractivity contribution in [1.82, 2.24) is 4.31 Å². The highest BCUT2D eigenvalue weighted by molar-refractivity contribution is 7.89. The Labute approximate surface area is 113 Å². The van der Waals surface area contributed by atoms with E-state index in [1.54, 1.807) is 0 Å².